The smallest absolute Gasteiger partial charge is 0.0669 e. The molecule has 1 fully saturated rings. The molecule has 4 nitrogen and oxygen atoms in total. The Labute approximate surface area is 116 Å². The number of aryl methyl sites for hydroxylation is 1. The zero-order valence-corrected chi connectivity index (χ0v) is 12.5. The highest BCUT2D eigenvalue weighted by Crippen LogP contribution is 2.32. The molecule has 0 radical (unpaired) electrons. The van der Waals surface area contributed by atoms with E-state index in [2.05, 4.69) is 18.5 Å². The minimum absolute atomic E-state index is 0.388. The van der Waals surface area contributed by atoms with Crippen LogP contribution in [0.5, 0.6) is 0 Å². The van der Waals surface area contributed by atoms with Crippen LogP contribution in [-0.4, -0.2) is 23.0 Å². The fourth-order valence-electron chi connectivity index (χ4n) is 3.31. The maximum Gasteiger partial charge on any atom is 0.0669 e. The van der Waals surface area contributed by atoms with Crippen molar-refractivity contribution in [2.75, 3.05) is 7.11 Å². The maximum absolute atomic E-state index is 5.92. The van der Waals surface area contributed by atoms with Crippen LogP contribution in [-0.2, 0) is 24.1 Å². The van der Waals surface area contributed by atoms with Crippen LogP contribution >= 0.6 is 0 Å². The maximum atomic E-state index is 5.92. The van der Waals surface area contributed by atoms with Gasteiger partial charge in [-0.3, -0.25) is 4.68 Å². The van der Waals surface area contributed by atoms with Crippen molar-refractivity contribution in [3.8, 4) is 0 Å². The Morgan fingerprint density at radius 2 is 2.11 bits per heavy atom. The molecular weight excluding hydrogens is 238 g/mol. The van der Waals surface area contributed by atoms with Gasteiger partial charge >= 0.3 is 0 Å². The summed E-state index contributed by atoms with van der Waals surface area (Å²) in [6.45, 7) is 4.96. The number of hydrogen-bond acceptors (Lipinski definition) is 3. The average molecular weight is 265 g/mol. The molecule has 0 amide bonds. The van der Waals surface area contributed by atoms with Crippen LogP contribution in [0, 0.1) is 0 Å². The van der Waals surface area contributed by atoms with Crippen LogP contribution in [0.2, 0.25) is 0 Å². The number of nitrogens with zero attached hydrogens (tertiary/aromatic N) is 2. The van der Waals surface area contributed by atoms with Gasteiger partial charge in [0, 0.05) is 24.9 Å². The highest BCUT2D eigenvalue weighted by atomic mass is 16.5. The Kier molecular flexibility index (Phi) is 4.99. The molecule has 2 atom stereocenters. The first-order chi connectivity index (χ1) is 9.24. The molecule has 1 aliphatic carbocycles. The van der Waals surface area contributed by atoms with Crippen LogP contribution in [0.3, 0.4) is 0 Å². The molecule has 108 valence electrons. The van der Waals surface area contributed by atoms with Crippen molar-refractivity contribution in [3.63, 3.8) is 0 Å². The molecule has 1 heterocycles. The lowest BCUT2D eigenvalue weighted by Crippen LogP contribution is -2.26. The Bertz CT molecular complexity index is 414. The van der Waals surface area contributed by atoms with E-state index >= 15 is 0 Å². The number of nitrogens with two attached hydrogens (primary N) is 1. The lowest BCUT2D eigenvalue weighted by Gasteiger charge is -2.29. The first kappa shape index (κ1) is 14.5. The number of hydrogen-bond donors (Lipinski definition) is 1. The molecule has 1 saturated carbocycles. The zero-order valence-electron chi connectivity index (χ0n) is 12.5. The molecule has 0 aliphatic heterocycles. The van der Waals surface area contributed by atoms with Crippen molar-refractivity contribution in [1.29, 1.82) is 0 Å². The van der Waals surface area contributed by atoms with Crippen LogP contribution in [0.25, 0.3) is 0 Å². The Morgan fingerprint density at radius 1 is 1.32 bits per heavy atom. The molecular formula is C15H27N3O. The number of rotatable bonds is 5. The van der Waals surface area contributed by atoms with Gasteiger partial charge in [0.1, 0.15) is 0 Å². The van der Waals surface area contributed by atoms with Crippen molar-refractivity contribution in [2.24, 2.45) is 5.73 Å². The molecule has 2 rings (SSSR count). The Balaban J connectivity index is 2.30. The minimum atomic E-state index is 0.388. The third-order valence-electron chi connectivity index (χ3n) is 4.35. The van der Waals surface area contributed by atoms with Gasteiger partial charge in [0.05, 0.1) is 17.8 Å². The molecule has 2 unspecified atom stereocenters. The highest BCUT2D eigenvalue weighted by Gasteiger charge is 2.26. The minimum Gasteiger partial charge on any atom is -0.381 e. The van der Waals surface area contributed by atoms with E-state index in [9.17, 15) is 0 Å². The number of ether oxygens (including phenoxy) is 1. The summed E-state index contributed by atoms with van der Waals surface area (Å²) in [5, 5.41) is 4.84. The first-order valence-corrected chi connectivity index (χ1v) is 7.57. The van der Waals surface area contributed by atoms with Gasteiger partial charge in [0.2, 0.25) is 0 Å². The predicted molar refractivity (Wildman–Crippen MR) is 77.2 cm³/mol. The highest BCUT2D eigenvalue weighted by molar-refractivity contribution is 5.27. The van der Waals surface area contributed by atoms with E-state index in [-0.39, 0.29) is 0 Å². The molecule has 0 spiro atoms. The van der Waals surface area contributed by atoms with E-state index < -0.39 is 0 Å². The molecule has 2 N–H and O–H groups in total. The number of methoxy groups -OCH3 is 1. The molecule has 19 heavy (non-hydrogen) atoms. The van der Waals surface area contributed by atoms with Crippen molar-refractivity contribution >= 4 is 0 Å². The van der Waals surface area contributed by atoms with Gasteiger partial charge in [-0.05, 0) is 38.5 Å². The Morgan fingerprint density at radius 3 is 2.68 bits per heavy atom. The summed E-state index contributed by atoms with van der Waals surface area (Å²) >= 11 is 0. The van der Waals surface area contributed by atoms with Crippen LogP contribution in [0.1, 0.15) is 62.5 Å². The van der Waals surface area contributed by atoms with E-state index in [4.69, 9.17) is 15.6 Å². The molecule has 0 saturated heterocycles. The molecule has 4 heteroatoms. The normalized spacial score (nSPS) is 23.8. The molecule has 1 aromatic rings. The summed E-state index contributed by atoms with van der Waals surface area (Å²) < 4.78 is 7.80. The molecule has 1 aliphatic rings. The van der Waals surface area contributed by atoms with E-state index in [0.717, 1.165) is 19.3 Å². The lowest BCUT2D eigenvalue weighted by atomic mass is 9.92. The fraction of sp³-hybridized carbons (Fsp3) is 0.800. The van der Waals surface area contributed by atoms with Crippen LogP contribution < -0.4 is 5.73 Å². The van der Waals surface area contributed by atoms with Gasteiger partial charge in [-0.2, -0.15) is 5.10 Å². The summed E-state index contributed by atoms with van der Waals surface area (Å²) in [5.74, 6) is 0. The van der Waals surface area contributed by atoms with Gasteiger partial charge in [0.15, 0.2) is 0 Å². The third-order valence-corrected chi connectivity index (χ3v) is 4.35. The van der Waals surface area contributed by atoms with Crippen LogP contribution in [0.15, 0.2) is 0 Å². The van der Waals surface area contributed by atoms with E-state index in [1.165, 1.54) is 36.2 Å². The zero-order chi connectivity index (χ0) is 13.8. The lowest BCUT2D eigenvalue weighted by molar-refractivity contribution is 0.0502. The van der Waals surface area contributed by atoms with Crippen molar-refractivity contribution in [3.05, 3.63) is 17.0 Å². The fourth-order valence-corrected chi connectivity index (χ4v) is 3.31. The molecule has 0 bridgehead atoms. The summed E-state index contributed by atoms with van der Waals surface area (Å²) in [6.07, 6.45) is 7.06. The SMILES string of the molecule is CCc1nn(C2CCCC(OC)C2)c(CC)c1CN. The van der Waals surface area contributed by atoms with Gasteiger partial charge in [0.25, 0.3) is 0 Å². The number of aromatic nitrogens is 2. The monoisotopic (exact) mass is 265 g/mol. The van der Waals surface area contributed by atoms with E-state index in [0.29, 0.717) is 18.7 Å². The summed E-state index contributed by atoms with van der Waals surface area (Å²) in [6, 6.07) is 0.485. The third kappa shape index (κ3) is 2.84. The second kappa shape index (κ2) is 6.53. The van der Waals surface area contributed by atoms with E-state index in [1.807, 2.05) is 7.11 Å². The van der Waals surface area contributed by atoms with E-state index in [1.54, 1.807) is 0 Å². The topological polar surface area (TPSA) is 53.1 Å². The summed E-state index contributed by atoms with van der Waals surface area (Å²) in [7, 11) is 1.82. The largest absolute Gasteiger partial charge is 0.381 e. The van der Waals surface area contributed by atoms with Crippen molar-refractivity contribution in [2.45, 2.75) is 71.1 Å². The quantitative estimate of drug-likeness (QED) is 0.890. The molecule has 1 aromatic heterocycles. The van der Waals surface area contributed by atoms with Gasteiger partial charge in [-0.1, -0.05) is 13.8 Å². The van der Waals surface area contributed by atoms with Gasteiger partial charge in [-0.15, -0.1) is 0 Å². The van der Waals surface area contributed by atoms with Crippen LogP contribution in [0.4, 0.5) is 0 Å². The van der Waals surface area contributed by atoms with Gasteiger partial charge < -0.3 is 10.5 Å². The molecule has 0 aromatic carbocycles. The van der Waals surface area contributed by atoms with Gasteiger partial charge in [-0.25, -0.2) is 0 Å². The average Bonchev–Trinajstić information content (AvgIpc) is 2.84. The second-order valence-corrected chi connectivity index (χ2v) is 5.41. The van der Waals surface area contributed by atoms with Crippen molar-refractivity contribution in [1.82, 2.24) is 9.78 Å². The summed E-state index contributed by atoms with van der Waals surface area (Å²) in [4.78, 5) is 0. The van der Waals surface area contributed by atoms with Crippen molar-refractivity contribution < 1.29 is 4.74 Å². The summed E-state index contributed by atoms with van der Waals surface area (Å²) in [5.41, 5.74) is 9.70. The standard InChI is InChI=1S/C15H27N3O/c1-4-14-13(10-16)15(5-2)18(17-14)11-7-6-8-12(9-11)19-3/h11-12H,4-10,16H2,1-3H3. The predicted octanol–water partition coefficient (Wildman–Crippen LogP) is 2.60. The second-order valence-electron chi connectivity index (χ2n) is 5.41. The Hall–Kier alpha value is -0.870. The first-order valence-electron chi connectivity index (χ1n) is 7.57.